The number of hydrogen-bond donors (Lipinski definition) is 1. The molecule has 0 aliphatic carbocycles. The SMILES string of the molecule is CCCOCCOc1ccc(-c2ccc3c(c2)/C=C(/C(=O)Nc2ccc([S@@](=O)Cc4cncn4CCC)cc2)CCCN3CC(C)C)cc1. The highest BCUT2D eigenvalue weighted by Crippen LogP contribution is 2.33. The maximum absolute atomic E-state index is 13.7. The third kappa shape index (κ3) is 10.2. The van der Waals surface area contributed by atoms with Crippen LogP contribution in [0.1, 0.15) is 64.6 Å². The number of ether oxygens (including phenoxy) is 2. The Balaban J connectivity index is 1.31. The number of hydrogen-bond acceptors (Lipinski definition) is 6. The van der Waals surface area contributed by atoms with Gasteiger partial charge in [-0.05, 0) is 103 Å². The third-order valence-corrected chi connectivity index (χ3v) is 9.75. The fourth-order valence-electron chi connectivity index (χ4n) is 6.03. The van der Waals surface area contributed by atoms with Gasteiger partial charge in [-0.3, -0.25) is 9.00 Å². The normalized spacial score (nSPS) is 14.8. The van der Waals surface area contributed by atoms with Gasteiger partial charge in [-0.1, -0.05) is 45.9 Å². The molecule has 0 fully saturated rings. The van der Waals surface area contributed by atoms with E-state index >= 15 is 0 Å². The molecule has 5 rings (SSSR count). The van der Waals surface area contributed by atoms with Gasteiger partial charge in [0.1, 0.15) is 12.4 Å². The van der Waals surface area contributed by atoms with Gasteiger partial charge in [-0.15, -0.1) is 0 Å². The van der Waals surface area contributed by atoms with Crippen molar-refractivity contribution in [2.75, 3.05) is 43.1 Å². The van der Waals surface area contributed by atoms with Gasteiger partial charge in [0.05, 0.1) is 35.2 Å². The molecule has 1 amide bonds. The smallest absolute Gasteiger partial charge is 0.251 e. The van der Waals surface area contributed by atoms with Crippen LogP contribution in [-0.4, -0.2) is 52.6 Å². The predicted octanol–water partition coefficient (Wildman–Crippen LogP) is 8.35. The van der Waals surface area contributed by atoms with Gasteiger partial charge in [0.2, 0.25) is 0 Å². The summed E-state index contributed by atoms with van der Waals surface area (Å²) >= 11 is 0. The largest absolute Gasteiger partial charge is 0.491 e. The van der Waals surface area contributed by atoms with Gasteiger partial charge in [0, 0.05) is 54.3 Å². The summed E-state index contributed by atoms with van der Waals surface area (Å²) in [5.41, 5.74) is 6.72. The van der Waals surface area contributed by atoms with E-state index in [0.29, 0.717) is 37.0 Å². The van der Waals surface area contributed by atoms with Crippen LogP contribution in [0.4, 0.5) is 11.4 Å². The van der Waals surface area contributed by atoms with Gasteiger partial charge < -0.3 is 24.3 Å². The average molecular weight is 683 g/mol. The van der Waals surface area contributed by atoms with Gasteiger partial charge in [0.15, 0.2) is 0 Å². The zero-order chi connectivity index (χ0) is 34.6. The molecule has 1 aliphatic heterocycles. The van der Waals surface area contributed by atoms with E-state index in [2.05, 4.69) is 83.9 Å². The number of carbonyl (C=O) groups is 1. The van der Waals surface area contributed by atoms with Crippen LogP contribution in [0, 0.1) is 5.92 Å². The molecule has 1 N–H and O–H groups in total. The van der Waals surface area contributed by atoms with E-state index in [4.69, 9.17) is 9.47 Å². The Kier molecular flexibility index (Phi) is 13.2. The molecule has 49 heavy (non-hydrogen) atoms. The summed E-state index contributed by atoms with van der Waals surface area (Å²) in [6.07, 6.45) is 9.17. The first-order chi connectivity index (χ1) is 23.8. The summed E-state index contributed by atoms with van der Waals surface area (Å²) in [6, 6.07) is 22.0. The van der Waals surface area contributed by atoms with Crippen molar-refractivity contribution in [3.05, 3.63) is 96.1 Å². The standard InChI is InChI=1S/C40H50N4O4S/c1-5-19-44-29-41-26-36(44)28-49(46)38-16-12-35(13-17-38)42-40(45)33-8-7-20-43(27-30(3)4)39-18-11-32(24-34(39)25-33)31-9-14-37(15-10-31)48-23-22-47-21-6-2/h9-18,24-26,29-30H,5-8,19-23,27-28H2,1-4H3,(H,42,45)/b33-25+/t49-/m0/s1. The first-order valence-corrected chi connectivity index (χ1v) is 18.9. The number of imidazole rings is 1. The maximum Gasteiger partial charge on any atom is 0.251 e. The van der Waals surface area contributed by atoms with Gasteiger partial charge in [0.25, 0.3) is 5.91 Å². The van der Waals surface area contributed by atoms with E-state index < -0.39 is 10.8 Å². The van der Waals surface area contributed by atoms with Crippen LogP contribution in [0.15, 0.2) is 89.7 Å². The Hall–Kier alpha value is -4.21. The molecule has 0 spiro atoms. The quantitative estimate of drug-likeness (QED) is 0.120. The van der Waals surface area contributed by atoms with Crippen molar-refractivity contribution in [2.24, 2.45) is 5.92 Å². The Morgan fingerprint density at radius 1 is 0.959 bits per heavy atom. The molecule has 4 aromatic rings. The molecule has 1 aliphatic rings. The molecule has 0 radical (unpaired) electrons. The minimum absolute atomic E-state index is 0.115. The van der Waals surface area contributed by atoms with Crippen LogP contribution >= 0.6 is 0 Å². The number of rotatable bonds is 16. The number of nitrogens with zero attached hydrogens (tertiary/aromatic N) is 3. The number of fused-ring (bicyclic) bond motifs is 1. The highest BCUT2D eigenvalue weighted by atomic mass is 32.2. The van der Waals surface area contributed by atoms with E-state index in [1.807, 2.05) is 36.4 Å². The maximum atomic E-state index is 13.7. The summed E-state index contributed by atoms with van der Waals surface area (Å²) < 4.78 is 26.5. The zero-order valence-corrected chi connectivity index (χ0v) is 30.1. The molecular weight excluding hydrogens is 633 g/mol. The van der Waals surface area contributed by atoms with E-state index in [9.17, 15) is 9.00 Å². The van der Waals surface area contributed by atoms with E-state index in [-0.39, 0.29) is 5.91 Å². The number of benzene rings is 3. The summed E-state index contributed by atoms with van der Waals surface area (Å²) in [5.74, 6) is 1.61. The van der Waals surface area contributed by atoms with Gasteiger partial charge >= 0.3 is 0 Å². The number of anilines is 2. The highest BCUT2D eigenvalue weighted by molar-refractivity contribution is 7.84. The molecule has 0 saturated heterocycles. The van der Waals surface area contributed by atoms with Crippen LogP contribution in [0.2, 0.25) is 0 Å². The Labute approximate surface area is 294 Å². The second-order valence-corrected chi connectivity index (χ2v) is 14.4. The summed E-state index contributed by atoms with van der Waals surface area (Å²) in [4.78, 5) is 21.1. The van der Waals surface area contributed by atoms with E-state index in [1.54, 1.807) is 12.5 Å². The predicted molar refractivity (Wildman–Crippen MR) is 200 cm³/mol. The average Bonchev–Trinajstić information content (AvgIpc) is 3.53. The van der Waals surface area contributed by atoms with Crippen LogP contribution < -0.4 is 15.0 Å². The lowest BCUT2D eigenvalue weighted by Crippen LogP contribution is -2.30. The van der Waals surface area contributed by atoms with Crippen molar-refractivity contribution in [2.45, 2.75) is 70.6 Å². The van der Waals surface area contributed by atoms with E-state index in [0.717, 1.165) is 89.8 Å². The fraction of sp³-hybridized carbons (Fsp3) is 0.400. The second-order valence-electron chi connectivity index (χ2n) is 12.9. The highest BCUT2D eigenvalue weighted by Gasteiger charge is 2.20. The molecule has 0 saturated carbocycles. The van der Waals surface area contributed by atoms with Crippen molar-refractivity contribution in [1.29, 1.82) is 0 Å². The minimum Gasteiger partial charge on any atom is -0.491 e. The molecular formula is C40H50N4O4S. The molecule has 1 atom stereocenters. The lowest BCUT2D eigenvalue weighted by molar-refractivity contribution is -0.112. The van der Waals surface area contributed by atoms with E-state index in [1.165, 1.54) is 0 Å². The van der Waals surface area contributed by atoms with Crippen LogP contribution in [0.3, 0.4) is 0 Å². The topological polar surface area (TPSA) is 85.7 Å². The molecule has 2 heterocycles. The van der Waals surface area contributed by atoms with Gasteiger partial charge in [-0.2, -0.15) is 0 Å². The monoisotopic (exact) mass is 682 g/mol. The van der Waals surface area contributed by atoms with Crippen molar-refractivity contribution in [3.8, 4) is 16.9 Å². The molecule has 260 valence electrons. The van der Waals surface area contributed by atoms with Crippen LogP contribution in [0.25, 0.3) is 17.2 Å². The first kappa shape index (κ1) is 36.1. The first-order valence-electron chi connectivity index (χ1n) is 17.5. The summed E-state index contributed by atoms with van der Waals surface area (Å²) in [7, 11) is -1.21. The lowest BCUT2D eigenvalue weighted by Gasteiger charge is -2.30. The Morgan fingerprint density at radius 2 is 1.73 bits per heavy atom. The molecule has 1 aromatic heterocycles. The van der Waals surface area contributed by atoms with Crippen molar-refractivity contribution < 1.29 is 18.5 Å². The fourth-order valence-corrected chi connectivity index (χ4v) is 7.14. The Morgan fingerprint density at radius 3 is 2.47 bits per heavy atom. The number of carbonyl (C=O) groups excluding carboxylic acids is 1. The van der Waals surface area contributed by atoms with Gasteiger partial charge in [-0.25, -0.2) is 4.98 Å². The van der Waals surface area contributed by atoms with Crippen molar-refractivity contribution >= 4 is 34.2 Å². The Bertz CT molecular complexity index is 1710. The minimum atomic E-state index is -1.21. The summed E-state index contributed by atoms with van der Waals surface area (Å²) in [6.45, 7) is 13.2. The molecule has 0 unspecified atom stereocenters. The number of aryl methyl sites for hydroxylation is 1. The van der Waals surface area contributed by atoms with Crippen molar-refractivity contribution in [3.63, 3.8) is 0 Å². The van der Waals surface area contributed by atoms with Crippen LogP contribution in [-0.2, 0) is 32.6 Å². The molecule has 9 heteroatoms. The van der Waals surface area contributed by atoms with Crippen molar-refractivity contribution in [1.82, 2.24) is 9.55 Å². The number of aromatic nitrogens is 2. The summed E-state index contributed by atoms with van der Waals surface area (Å²) in [5, 5.41) is 3.10. The van der Waals surface area contributed by atoms with Crippen LogP contribution in [0.5, 0.6) is 5.75 Å². The second kappa shape index (κ2) is 18.0. The molecule has 8 nitrogen and oxygen atoms in total. The number of nitrogens with one attached hydrogen (secondary N) is 1. The number of amides is 1. The third-order valence-electron chi connectivity index (χ3n) is 8.40. The lowest BCUT2D eigenvalue weighted by atomic mass is 9.96. The molecule has 3 aromatic carbocycles. The molecule has 0 bridgehead atoms. The zero-order valence-electron chi connectivity index (χ0n) is 29.3.